The molecular formula is C20H16N2O4S. The van der Waals surface area contributed by atoms with E-state index in [4.69, 9.17) is 0 Å². The molecule has 2 heterocycles. The van der Waals surface area contributed by atoms with Gasteiger partial charge in [-0.3, -0.25) is 0 Å². The van der Waals surface area contributed by atoms with Gasteiger partial charge in [-0.05, 0) is 37.3 Å². The maximum atomic E-state index is 11.7. The molecule has 6 nitrogen and oxygen atoms in total. The number of hydrogen-bond donors (Lipinski definition) is 2. The highest BCUT2D eigenvalue weighted by atomic mass is 32.2. The highest BCUT2D eigenvalue weighted by molar-refractivity contribution is 7.90. The van der Waals surface area contributed by atoms with Gasteiger partial charge in [0.15, 0.2) is 9.84 Å². The van der Waals surface area contributed by atoms with Crippen LogP contribution in [0.2, 0.25) is 0 Å². The van der Waals surface area contributed by atoms with Gasteiger partial charge in [-0.1, -0.05) is 23.8 Å². The van der Waals surface area contributed by atoms with Crippen LogP contribution in [0.1, 0.15) is 16.1 Å². The molecule has 27 heavy (non-hydrogen) atoms. The fraction of sp³-hybridized carbons (Fsp3) is 0.100. The Bertz CT molecular complexity index is 1320. The minimum atomic E-state index is -3.31. The van der Waals surface area contributed by atoms with Crippen molar-refractivity contribution in [3.8, 4) is 11.3 Å². The van der Waals surface area contributed by atoms with Crippen molar-refractivity contribution < 1.29 is 18.3 Å². The van der Waals surface area contributed by atoms with Crippen molar-refractivity contribution in [1.29, 1.82) is 0 Å². The Labute approximate surface area is 155 Å². The monoisotopic (exact) mass is 380 g/mol. The van der Waals surface area contributed by atoms with Crippen molar-refractivity contribution in [3.63, 3.8) is 0 Å². The maximum absolute atomic E-state index is 11.7. The predicted molar refractivity (Wildman–Crippen MR) is 104 cm³/mol. The normalized spacial score (nSPS) is 11.9. The molecule has 7 heteroatoms. The molecule has 0 aliphatic rings. The minimum Gasteiger partial charge on any atom is -0.477 e. The molecule has 2 N–H and O–H groups in total. The summed E-state index contributed by atoms with van der Waals surface area (Å²) in [4.78, 5) is 19.4. The number of carboxylic acid groups (broad SMARTS) is 1. The zero-order chi connectivity index (χ0) is 19.3. The number of fused-ring (bicyclic) bond motifs is 3. The third-order valence-electron chi connectivity index (χ3n) is 4.52. The summed E-state index contributed by atoms with van der Waals surface area (Å²) in [6.07, 6.45) is 1.14. The van der Waals surface area contributed by atoms with Crippen LogP contribution in [0, 0.1) is 6.92 Å². The van der Waals surface area contributed by atoms with Gasteiger partial charge >= 0.3 is 5.97 Å². The summed E-state index contributed by atoms with van der Waals surface area (Å²) in [6, 6.07) is 13.8. The lowest BCUT2D eigenvalue weighted by atomic mass is 10.1. The molecule has 0 saturated carbocycles. The van der Waals surface area contributed by atoms with Crippen LogP contribution in [-0.2, 0) is 9.84 Å². The van der Waals surface area contributed by atoms with Crippen molar-refractivity contribution in [2.24, 2.45) is 0 Å². The number of carbonyl (C=O) groups is 1. The van der Waals surface area contributed by atoms with E-state index in [1.54, 1.807) is 18.2 Å². The molecule has 0 fully saturated rings. The first-order valence-corrected chi connectivity index (χ1v) is 10.1. The van der Waals surface area contributed by atoms with Gasteiger partial charge in [0.1, 0.15) is 5.69 Å². The molecule has 0 spiro atoms. The molecule has 0 atom stereocenters. The number of aryl methyl sites for hydroxylation is 1. The van der Waals surface area contributed by atoms with Gasteiger partial charge in [0.05, 0.1) is 16.1 Å². The average Bonchev–Trinajstić information content (AvgIpc) is 2.98. The van der Waals surface area contributed by atoms with Crippen LogP contribution < -0.4 is 0 Å². The maximum Gasteiger partial charge on any atom is 0.354 e. The number of benzene rings is 2. The molecule has 0 unspecified atom stereocenters. The Morgan fingerprint density at radius 2 is 1.74 bits per heavy atom. The van der Waals surface area contributed by atoms with Crippen molar-refractivity contribution >= 4 is 37.6 Å². The van der Waals surface area contributed by atoms with Crippen LogP contribution in [0.25, 0.3) is 33.1 Å². The molecule has 4 aromatic rings. The standard InChI is InChI=1S/C20H16N2O4S/c1-11-3-8-16-14(9-11)15-10-17(20(23)24)22-18(19(15)21-16)12-4-6-13(7-5-12)27(2,25)26/h3-10,21H,1-2H3,(H,23,24). The van der Waals surface area contributed by atoms with Gasteiger partial charge in [-0.2, -0.15) is 0 Å². The SMILES string of the molecule is Cc1ccc2[nH]c3c(-c4ccc(S(C)(=O)=O)cc4)nc(C(=O)O)cc3c2c1. The molecule has 136 valence electrons. The number of hydrogen-bond acceptors (Lipinski definition) is 4. The molecule has 2 aromatic carbocycles. The van der Waals surface area contributed by atoms with E-state index < -0.39 is 15.8 Å². The number of aromatic carboxylic acids is 1. The van der Waals surface area contributed by atoms with Gasteiger partial charge in [-0.25, -0.2) is 18.2 Å². The summed E-state index contributed by atoms with van der Waals surface area (Å²) < 4.78 is 23.4. The fourth-order valence-corrected chi connectivity index (χ4v) is 3.82. The number of H-pyrrole nitrogens is 1. The summed E-state index contributed by atoms with van der Waals surface area (Å²) in [5, 5.41) is 11.2. The summed E-state index contributed by atoms with van der Waals surface area (Å²) in [6.45, 7) is 1.97. The number of pyridine rings is 1. The second-order valence-electron chi connectivity index (χ2n) is 6.55. The summed E-state index contributed by atoms with van der Waals surface area (Å²) in [5.41, 5.74) is 3.71. The number of aromatic nitrogens is 2. The van der Waals surface area contributed by atoms with E-state index in [0.717, 1.165) is 28.1 Å². The lowest BCUT2D eigenvalue weighted by molar-refractivity contribution is 0.0691. The number of aromatic amines is 1. The van der Waals surface area contributed by atoms with Gasteiger partial charge in [-0.15, -0.1) is 0 Å². The predicted octanol–water partition coefficient (Wildman–Crippen LogP) is 3.79. The topological polar surface area (TPSA) is 100 Å². The fourth-order valence-electron chi connectivity index (χ4n) is 3.19. The van der Waals surface area contributed by atoms with Crippen LogP contribution in [0.15, 0.2) is 53.4 Å². The zero-order valence-electron chi connectivity index (χ0n) is 14.6. The highest BCUT2D eigenvalue weighted by Crippen LogP contribution is 2.33. The largest absolute Gasteiger partial charge is 0.477 e. The molecule has 0 saturated heterocycles. The van der Waals surface area contributed by atoms with Gasteiger partial charge in [0.25, 0.3) is 0 Å². The van der Waals surface area contributed by atoms with Crippen LogP contribution in [0.4, 0.5) is 0 Å². The highest BCUT2D eigenvalue weighted by Gasteiger charge is 2.17. The van der Waals surface area contributed by atoms with E-state index in [1.807, 2.05) is 25.1 Å². The summed E-state index contributed by atoms with van der Waals surface area (Å²) in [7, 11) is -3.31. The number of nitrogens with one attached hydrogen (secondary N) is 1. The second-order valence-corrected chi connectivity index (χ2v) is 8.57. The molecule has 0 aliphatic heterocycles. The van der Waals surface area contributed by atoms with Gasteiger partial charge in [0.2, 0.25) is 0 Å². The third-order valence-corrected chi connectivity index (χ3v) is 5.65. The van der Waals surface area contributed by atoms with Gasteiger partial charge in [0, 0.05) is 28.1 Å². The van der Waals surface area contributed by atoms with Crippen LogP contribution in [0.5, 0.6) is 0 Å². The number of sulfone groups is 1. The van der Waals surface area contributed by atoms with E-state index in [0.29, 0.717) is 16.8 Å². The smallest absolute Gasteiger partial charge is 0.354 e. The summed E-state index contributed by atoms with van der Waals surface area (Å²) in [5.74, 6) is -1.12. The molecule has 0 radical (unpaired) electrons. The van der Waals surface area contributed by atoms with E-state index >= 15 is 0 Å². The molecule has 4 rings (SSSR count). The number of nitrogens with zero attached hydrogens (tertiary/aromatic N) is 1. The lowest BCUT2D eigenvalue weighted by Crippen LogP contribution is -2.02. The Kier molecular flexibility index (Phi) is 3.78. The third kappa shape index (κ3) is 2.96. The van der Waals surface area contributed by atoms with E-state index in [2.05, 4.69) is 9.97 Å². The van der Waals surface area contributed by atoms with Crippen LogP contribution in [0.3, 0.4) is 0 Å². The van der Waals surface area contributed by atoms with Crippen molar-refractivity contribution in [3.05, 3.63) is 59.8 Å². The lowest BCUT2D eigenvalue weighted by Gasteiger charge is -2.06. The molecule has 2 aromatic heterocycles. The quantitative estimate of drug-likeness (QED) is 0.563. The first-order chi connectivity index (χ1) is 12.7. The molecule has 0 amide bonds. The number of rotatable bonds is 3. The zero-order valence-corrected chi connectivity index (χ0v) is 15.5. The Morgan fingerprint density at radius 3 is 2.37 bits per heavy atom. The average molecular weight is 380 g/mol. The number of carboxylic acids is 1. The Balaban J connectivity index is 2.04. The minimum absolute atomic E-state index is 0.0629. The molecule has 0 bridgehead atoms. The van der Waals surface area contributed by atoms with Crippen molar-refractivity contribution in [2.45, 2.75) is 11.8 Å². The Hall–Kier alpha value is -3.19. The molecular weight excluding hydrogens is 364 g/mol. The van der Waals surface area contributed by atoms with Crippen LogP contribution in [-0.4, -0.2) is 35.7 Å². The Morgan fingerprint density at radius 1 is 1.04 bits per heavy atom. The van der Waals surface area contributed by atoms with Crippen molar-refractivity contribution in [1.82, 2.24) is 9.97 Å². The van der Waals surface area contributed by atoms with E-state index in [9.17, 15) is 18.3 Å². The summed E-state index contributed by atoms with van der Waals surface area (Å²) >= 11 is 0. The van der Waals surface area contributed by atoms with E-state index in [-0.39, 0.29) is 10.6 Å². The first-order valence-electron chi connectivity index (χ1n) is 8.21. The first kappa shape index (κ1) is 17.2. The van der Waals surface area contributed by atoms with Gasteiger partial charge < -0.3 is 10.1 Å². The second kappa shape index (κ2) is 5.92. The van der Waals surface area contributed by atoms with Crippen molar-refractivity contribution in [2.75, 3.05) is 6.26 Å². The van der Waals surface area contributed by atoms with E-state index in [1.165, 1.54) is 12.1 Å². The van der Waals surface area contributed by atoms with Crippen LogP contribution >= 0.6 is 0 Å². The molecule has 0 aliphatic carbocycles.